The number of rotatable bonds is 51. The predicted molar refractivity (Wildman–Crippen MR) is 279 cm³/mol. The number of hydrogen-bond donors (Lipinski definition) is 2. The summed E-state index contributed by atoms with van der Waals surface area (Å²) in [5, 5.41) is 9.77. The van der Waals surface area contributed by atoms with Crippen LogP contribution in [0.2, 0.25) is 0 Å². The molecule has 0 heterocycles. The number of esters is 3. The van der Waals surface area contributed by atoms with Crippen molar-refractivity contribution >= 4 is 25.7 Å². The van der Waals surface area contributed by atoms with E-state index in [9.17, 15) is 28.9 Å². The van der Waals surface area contributed by atoms with Gasteiger partial charge in [0, 0.05) is 19.3 Å². The molecule has 0 saturated heterocycles. The lowest BCUT2D eigenvalue weighted by molar-refractivity contribution is -0.161. The molecule has 12 heteroatoms. The summed E-state index contributed by atoms with van der Waals surface area (Å²) in [6.45, 7) is 4.49. The topological polar surface area (TPSA) is 155 Å². The largest absolute Gasteiger partial charge is 0.472 e. The van der Waals surface area contributed by atoms with Crippen LogP contribution in [-0.2, 0) is 42.2 Å². The second-order valence-electron chi connectivity index (χ2n) is 18.4. The normalized spacial score (nSPS) is 13.8. The highest BCUT2D eigenvalue weighted by Gasteiger charge is 2.28. The molecule has 0 aliphatic heterocycles. The molecule has 0 saturated carbocycles. The van der Waals surface area contributed by atoms with Gasteiger partial charge in [0.2, 0.25) is 0 Å². The summed E-state index contributed by atoms with van der Waals surface area (Å²) in [6.07, 6.45) is 52.2. The van der Waals surface area contributed by atoms with E-state index in [1.54, 1.807) is 0 Å². The Hall–Kier alpha value is -2.56. The van der Waals surface area contributed by atoms with Crippen molar-refractivity contribution in [1.82, 2.24) is 0 Å². The molecule has 0 aromatic rings. The Morgan fingerprint density at radius 3 is 1.21 bits per heavy atom. The second kappa shape index (κ2) is 50.8. The fraction of sp³-hybridized carbons (Fsp3) is 0.804. The van der Waals surface area contributed by atoms with Crippen LogP contribution in [-0.4, -0.2) is 66.5 Å². The van der Waals surface area contributed by atoms with Crippen LogP contribution in [0.15, 0.2) is 48.6 Å². The average molecular weight is 981 g/mol. The summed E-state index contributed by atoms with van der Waals surface area (Å²) in [5.41, 5.74) is 0. The van der Waals surface area contributed by atoms with Crippen LogP contribution in [0.1, 0.15) is 252 Å². The van der Waals surface area contributed by atoms with E-state index in [2.05, 4.69) is 69.4 Å². The Labute approximate surface area is 415 Å². The van der Waals surface area contributed by atoms with Crippen molar-refractivity contribution in [2.45, 2.75) is 264 Å². The van der Waals surface area contributed by atoms with Crippen LogP contribution in [0, 0.1) is 0 Å². The minimum atomic E-state index is -4.75. The van der Waals surface area contributed by atoms with Gasteiger partial charge in [-0.15, -0.1) is 0 Å². The van der Waals surface area contributed by atoms with Crippen molar-refractivity contribution in [1.29, 1.82) is 0 Å². The molecule has 0 aromatic heterocycles. The summed E-state index contributed by atoms with van der Waals surface area (Å²) in [7, 11) is -4.75. The zero-order valence-corrected chi connectivity index (χ0v) is 44.5. The van der Waals surface area contributed by atoms with Crippen molar-refractivity contribution in [2.75, 3.05) is 26.4 Å². The number of carbonyl (C=O) groups excluding carboxylic acids is 3. The number of phosphoric ester groups is 1. The molecular formula is C56H101O11P. The summed E-state index contributed by atoms with van der Waals surface area (Å²) < 4.78 is 39.4. The Morgan fingerprint density at radius 2 is 0.765 bits per heavy atom. The summed E-state index contributed by atoms with van der Waals surface area (Å²) in [5.74, 6) is -1.50. The molecule has 0 bridgehead atoms. The third-order valence-corrected chi connectivity index (χ3v) is 12.7. The molecule has 3 unspecified atom stereocenters. The van der Waals surface area contributed by atoms with Gasteiger partial charge in [-0.05, 0) is 77.0 Å². The molecule has 0 radical (unpaired) electrons. The highest BCUT2D eigenvalue weighted by molar-refractivity contribution is 7.47. The zero-order valence-electron chi connectivity index (χ0n) is 43.6. The van der Waals surface area contributed by atoms with Gasteiger partial charge in [0.15, 0.2) is 6.10 Å². The molecule has 0 spiro atoms. The van der Waals surface area contributed by atoms with Crippen LogP contribution in [0.5, 0.6) is 0 Å². The van der Waals surface area contributed by atoms with E-state index < -0.39 is 57.8 Å². The molecule has 0 aliphatic rings. The van der Waals surface area contributed by atoms with Crippen molar-refractivity contribution < 1.29 is 52.2 Å². The maximum absolute atomic E-state index is 12.9. The van der Waals surface area contributed by atoms with Crippen LogP contribution < -0.4 is 0 Å². The molecule has 0 aliphatic carbocycles. The standard InChI is InChI=1S/C56H101O11P/c1-4-7-10-13-16-19-22-24-25-26-27-29-32-35-38-41-44-47-56(60)67-53(49-63-54(58)45-42-39-36-33-31-28-23-20-17-14-11-8-5-2)51-65-68(61,62)64-50-52(48-57)66-55(59)46-43-40-37-34-30-21-18-15-12-9-6-3/h8,11,17,20,24-25,28,31,52-53,57H,4-7,9-10,12-16,18-19,21-23,26-27,29-30,32-51H2,1-3H3,(H,61,62)/b11-8-,20-17-,25-24-,31-28-. The van der Waals surface area contributed by atoms with E-state index in [1.807, 2.05) is 0 Å². The van der Waals surface area contributed by atoms with Gasteiger partial charge in [-0.2, -0.15) is 0 Å². The van der Waals surface area contributed by atoms with E-state index in [-0.39, 0.29) is 25.9 Å². The Bertz CT molecular complexity index is 1330. The first kappa shape index (κ1) is 65.4. The number of carbonyl (C=O) groups is 3. The molecule has 0 fully saturated rings. The second-order valence-corrected chi connectivity index (χ2v) is 19.8. The van der Waals surface area contributed by atoms with Crippen LogP contribution in [0.4, 0.5) is 0 Å². The number of phosphoric acid groups is 1. The first-order valence-corrected chi connectivity index (χ1v) is 29.0. The number of aliphatic hydroxyl groups excluding tert-OH is 1. The minimum Gasteiger partial charge on any atom is -0.462 e. The van der Waals surface area contributed by atoms with Crippen molar-refractivity contribution in [2.24, 2.45) is 0 Å². The van der Waals surface area contributed by atoms with E-state index in [0.29, 0.717) is 19.3 Å². The molecule has 0 rings (SSSR count). The van der Waals surface area contributed by atoms with Gasteiger partial charge in [0.05, 0.1) is 19.8 Å². The molecule has 0 amide bonds. The fourth-order valence-electron chi connectivity index (χ4n) is 7.54. The van der Waals surface area contributed by atoms with Gasteiger partial charge in [-0.1, -0.05) is 204 Å². The molecule has 11 nitrogen and oxygen atoms in total. The number of aliphatic hydroxyl groups is 1. The molecule has 0 aromatic carbocycles. The lowest BCUT2D eigenvalue weighted by atomic mass is 10.1. The van der Waals surface area contributed by atoms with Gasteiger partial charge < -0.3 is 24.2 Å². The van der Waals surface area contributed by atoms with Crippen molar-refractivity contribution in [3.63, 3.8) is 0 Å². The first-order chi connectivity index (χ1) is 33.2. The smallest absolute Gasteiger partial charge is 0.462 e. The highest BCUT2D eigenvalue weighted by Crippen LogP contribution is 2.43. The van der Waals surface area contributed by atoms with E-state index in [1.165, 1.54) is 103 Å². The number of unbranched alkanes of at least 4 members (excludes halogenated alkanes) is 26. The van der Waals surface area contributed by atoms with Gasteiger partial charge in [-0.25, -0.2) is 4.57 Å². The van der Waals surface area contributed by atoms with Gasteiger partial charge in [0.1, 0.15) is 12.7 Å². The monoisotopic (exact) mass is 981 g/mol. The first-order valence-electron chi connectivity index (χ1n) is 27.5. The third-order valence-electron chi connectivity index (χ3n) is 11.7. The summed E-state index contributed by atoms with van der Waals surface area (Å²) >= 11 is 0. The van der Waals surface area contributed by atoms with E-state index in [4.69, 9.17) is 23.3 Å². The summed E-state index contributed by atoms with van der Waals surface area (Å²) in [6, 6.07) is 0. The Morgan fingerprint density at radius 1 is 0.426 bits per heavy atom. The molecule has 396 valence electrons. The van der Waals surface area contributed by atoms with E-state index >= 15 is 0 Å². The summed E-state index contributed by atoms with van der Waals surface area (Å²) in [4.78, 5) is 48.4. The number of ether oxygens (including phenoxy) is 3. The Balaban J connectivity index is 4.75. The maximum atomic E-state index is 12.9. The lowest BCUT2D eigenvalue weighted by Crippen LogP contribution is -2.30. The number of allylic oxidation sites excluding steroid dienone is 8. The maximum Gasteiger partial charge on any atom is 0.472 e. The minimum absolute atomic E-state index is 0.158. The SMILES string of the molecule is CC/C=C\C/C=C\C/C=C\CCCCCC(=O)OCC(COP(=O)(O)OCC(CO)OC(=O)CCCCCCCCCCCCC)OC(=O)CCCCCCCCC/C=C\CCCCCCCC. The quantitative estimate of drug-likeness (QED) is 0.0197. The van der Waals surface area contributed by atoms with Crippen molar-refractivity contribution in [3.8, 4) is 0 Å². The number of hydrogen-bond acceptors (Lipinski definition) is 10. The van der Waals surface area contributed by atoms with Gasteiger partial charge >= 0.3 is 25.7 Å². The highest BCUT2D eigenvalue weighted by atomic mass is 31.2. The van der Waals surface area contributed by atoms with Gasteiger partial charge in [-0.3, -0.25) is 23.4 Å². The average Bonchev–Trinajstić information content (AvgIpc) is 3.32. The predicted octanol–water partition coefficient (Wildman–Crippen LogP) is 15.8. The fourth-order valence-corrected chi connectivity index (χ4v) is 8.33. The van der Waals surface area contributed by atoms with Gasteiger partial charge in [0.25, 0.3) is 0 Å². The lowest BCUT2D eigenvalue weighted by Gasteiger charge is -2.21. The van der Waals surface area contributed by atoms with Crippen molar-refractivity contribution in [3.05, 3.63) is 48.6 Å². The zero-order chi connectivity index (χ0) is 49.9. The molecule has 68 heavy (non-hydrogen) atoms. The van der Waals surface area contributed by atoms with Crippen LogP contribution in [0.3, 0.4) is 0 Å². The Kier molecular flexibility index (Phi) is 48.9. The molecule has 2 N–H and O–H groups in total. The molecular weight excluding hydrogens is 880 g/mol. The third kappa shape index (κ3) is 48.5. The molecule has 3 atom stereocenters. The van der Waals surface area contributed by atoms with Crippen LogP contribution in [0.25, 0.3) is 0 Å². The van der Waals surface area contributed by atoms with Crippen LogP contribution >= 0.6 is 7.82 Å². The van der Waals surface area contributed by atoms with E-state index in [0.717, 1.165) is 89.9 Å².